The third-order valence-corrected chi connectivity index (χ3v) is 4.49. The summed E-state index contributed by atoms with van der Waals surface area (Å²) in [7, 11) is 2.01. The Bertz CT molecular complexity index is 505. The lowest BCUT2D eigenvalue weighted by Gasteiger charge is -2.17. The Morgan fingerprint density at radius 3 is 2.50 bits per heavy atom. The lowest BCUT2D eigenvalue weighted by atomic mass is 10.0. The minimum Gasteiger partial charge on any atom is -0.349 e. The molecule has 2 aromatic rings. The van der Waals surface area contributed by atoms with Gasteiger partial charge in [0.15, 0.2) is 5.13 Å². The molecule has 4 heteroatoms. The normalized spacial score (nSPS) is 12.3. The Morgan fingerprint density at radius 1 is 1.20 bits per heavy atom. The first kappa shape index (κ1) is 15.0. The molecule has 1 heterocycles. The summed E-state index contributed by atoms with van der Waals surface area (Å²) in [4.78, 5) is 7.07. The van der Waals surface area contributed by atoms with Crippen molar-refractivity contribution in [2.24, 2.45) is 0 Å². The van der Waals surface area contributed by atoms with Crippen LogP contribution in [0.25, 0.3) is 0 Å². The highest BCUT2D eigenvalue weighted by Gasteiger charge is 2.13. The summed E-state index contributed by atoms with van der Waals surface area (Å²) in [5.74, 6) is 0. The van der Waals surface area contributed by atoms with E-state index in [2.05, 4.69) is 59.8 Å². The summed E-state index contributed by atoms with van der Waals surface area (Å²) in [6.45, 7) is 6.37. The van der Waals surface area contributed by atoms with Crippen LogP contribution in [0.3, 0.4) is 0 Å². The monoisotopic (exact) mass is 289 g/mol. The van der Waals surface area contributed by atoms with E-state index in [9.17, 15) is 0 Å². The number of hydrogen-bond donors (Lipinski definition) is 1. The number of anilines is 1. The highest BCUT2D eigenvalue weighted by molar-refractivity contribution is 7.13. The van der Waals surface area contributed by atoms with Crippen molar-refractivity contribution < 1.29 is 0 Å². The summed E-state index contributed by atoms with van der Waals surface area (Å²) < 4.78 is 0. The summed E-state index contributed by atoms with van der Waals surface area (Å²) in [5, 5.41) is 6.70. The highest BCUT2D eigenvalue weighted by Crippen LogP contribution is 2.24. The van der Waals surface area contributed by atoms with Crippen LogP contribution in [-0.4, -0.2) is 25.1 Å². The Morgan fingerprint density at radius 2 is 1.90 bits per heavy atom. The molecule has 0 radical (unpaired) electrons. The van der Waals surface area contributed by atoms with Gasteiger partial charge in [-0.25, -0.2) is 4.98 Å². The average Bonchev–Trinajstić information content (AvgIpc) is 2.95. The van der Waals surface area contributed by atoms with E-state index in [0.717, 1.165) is 24.6 Å². The minimum absolute atomic E-state index is 0.322. The van der Waals surface area contributed by atoms with E-state index < -0.39 is 0 Å². The number of rotatable bonds is 7. The van der Waals surface area contributed by atoms with Crippen molar-refractivity contribution in [1.29, 1.82) is 0 Å². The largest absolute Gasteiger partial charge is 0.349 e. The molecular formula is C16H23N3S. The fraction of sp³-hybridized carbons (Fsp3) is 0.438. The zero-order valence-electron chi connectivity index (χ0n) is 12.5. The summed E-state index contributed by atoms with van der Waals surface area (Å²) >= 11 is 1.74. The lowest BCUT2D eigenvalue weighted by Crippen LogP contribution is -2.22. The molecule has 1 aromatic heterocycles. The van der Waals surface area contributed by atoms with Crippen LogP contribution in [0.4, 0.5) is 5.13 Å². The molecule has 1 N–H and O–H groups in total. The molecule has 1 atom stereocenters. The topological polar surface area (TPSA) is 28.2 Å². The van der Waals surface area contributed by atoms with Crippen molar-refractivity contribution in [3.8, 4) is 0 Å². The van der Waals surface area contributed by atoms with Crippen molar-refractivity contribution in [2.45, 2.75) is 26.3 Å². The van der Waals surface area contributed by atoms with E-state index in [4.69, 9.17) is 4.98 Å². The maximum absolute atomic E-state index is 4.77. The first-order valence-electron chi connectivity index (χ1n) is 7.20. The molecule has 0 aliphatic heterocycles. The third kappa shape index (κ3) is 3.58. The Kier molecular flexibility index (Phi) is 5.56. The van der Waals surface area contributed by atoms with Gasteiger partial charge in [-0.15, -0.1) is 11.3 Å². The van der Waals surface area contributed by atoms with Gasteiger partial charge in [0.25, 0.3) is 0 Å². The van der Waals surface area contributed by atoms with Gasteiger partial charge >= 0.3 is 0 Å². The van der Waals surface area contributed by atoms with Crippen molar-refractivity contribution in [1.82, 2.24) is 10.3 Å². The molecule has 0 aliphatic carbocycles. The molecule has 3 nitrogen and oxygen atoms in total. The van der Waals surface area contributed by atoms with Crippen LogP contribution in [0.15, 0.2) is 35.7 Å². The molecule has 0 bridgehead atoms. The number of hydrogen-bond acceptors (Lipinski definition) is 4. The average molecular weight is 289 g/mol. The van der Waals surface area contributed by atoms with Crippen LogP contribution in [-0.2, 0) is 6.42 Å². The molecule has 0 saturated carbocycles. The first-order chi connectivity index (χ1) is 9.78. The van der Waals surface area contributed by atoms with Gasteiger partial charge in [0.05, 0.1) is 5.69 Å². The second kappa shape index (κ2) is 7.41. The SMILES string of the molecule is CCN(CC)c1nc(CC(NC)c2ccccc2)cs1. The number of nitrogens with zero attached hydrogens (tertiary/aromatic N) is 2. The quantitative estimate of drug-likeness (QED) is 0.845. The highest BCUT2D eigenvalue weighted by atomic mass is 32.1. The smallest absolute Gasteiger partial charge is 0.185 e. The molecule has 0 aliphatic rings. The van der Waals surface area contributed by atoms with Gasteiger partial charge in [0.2, 0.25) is 0 Å². The van der Waals surface area contributed by atoms with Crippen LogP contribution in [0.2, 0.25) is 0 Å². The van der Waals surface area contributed by atoms with Gasteiger partial charge < -0.3 is 10.2 Å². The predicted octanol–water partition coefficient (Wildman–Crippen LogP) is 3.49. The van der Waals surface area contributed by atoms with Crippen molar-refractivity contribution in [3.63, 3.8) is 0 Å². The maximum Gasteiger partial charge on any atom is 0.185 e. The Hall–Kier alpha value is -1.39. The molecular weight excluding hydrogens is 266 g/mol. The second-order valence-electron chi connectivity index (χ2n) is 4.75. The number of aromatic nitrogens is 1. The van der Waals surface area contributed by atoms with Crippen molar-refractivity contribution in [2.75, 3.05) is 25.0 Å². The third-order valence-electron chi connectivity index (χ3n) is 3.54. The lowest BCUT2D eigenvalue weighted by molar-refractivity contribution is 0.586. The molecule has 0 amide bonds. The zero-order chi connectivity index (χ0) is 14.4. The molecule has 2 rings (SSSR count). The number of likely N-dealkylation sites (N-methyl/N-ethyl adjacent to an activating group) is 1. The standard InChI is InChI=1S/C16H23N3S/c1-4-19(5-2)16-18-14(12-20-16)11-15(17-3)13-9-7-6-8-10-13/h6-10,12,15,17H,4-5,11H2,1-3H3. The summed E-state index contributed by atoms with van der Waals surface area (Å²) in [5.41, 5.74) is 2.48. The van der Waals surface area contributed by atoms with E-state index in [-0.39, 0.29) is 0 Å². The summed E-state index contributed by atoms with van der Waals surface area (Å²) in [6, 6.07) is 10.9. The van der Waals surface area contributed by atoms with E-state index in [1.807, 2.05) is 7.05 Å². The molecule has 108 valence electrons. The fourth-order valence-electron chi connectivity index (χ4n) is 2.31. The van der Waals surface area contributed by atoms with Gasteiger partial charge in [-0.05, 0) is 26.5 Å². The van der Waals surface area contributed by atoms with Crippen LogP contribution in [0, 0.1) is 0 Å². The minimum atomic E-state index is 0.322. The maximum atomic E-state index is 4.77. The van der Waals surface area contributed by atoms with Gasteiger partial charge in [-0.1, -0.05) is 30.3 Å². The van der Waals surface area contributed by atoms with Crippen molar-refractivity contribution >= 4 is 16.5 Å². The van der Waals surface area contributed by atoms with E-state index in [1.165, 1.54) is 11.3 Å². The molecule has 0 saturated heterocycles. The van der Waals surface area contributed by atoms with Gasteiger partial charge in [-0.2, -0.15) is 0 Å². The van der Waals surface area contributed by atoms with E-state index >= 15 is 0 Å². The van der Waals surface area contributed by atoms with Gasteiger partial charge in [-0.3, -0.25) is 0 Å². The molecule has 20 heavy (non-hydrogen) atoms. The Balaban J connectivity index is 2.09. The number of thiazole rings is 1. The molecule has 1 aromatic carbocycles. The number of nitrogens with one attached hydrogen (secondary N) is 1. The van der Waals surface area contributed by atoms with Crippen LogP contribution < -0.4 is 10.2 Å². The predicted molar refractivity (Wildman–Crippen MR) is 87.6 cm³/mol. The summed E-state index contributed by atoms with van der Waals surface area (Å²) in [6.07, 6.45) is 0.929. The van der Waals surface area contributed by atoms with E-state index in [0.29, 0.717) is 6.04 Å². The van der Waals surface area contributed by atoms with Crippen LogP contribution in [0.1, 0.15) is 31.1 Å². The number of benzene rings is 1. The Labute approximate surface area is 125 Å². The molecule has 0 fully saturated rings. The van der Waals surface area contributed by atoms with Gasteiger partial charge in [0.1, 0.15) is 0 Å². The van der Waals surface area contributed by atoms with Gasteiger partial charge in [0, 0.05) is 30.9 Å². The molecule has 1 unspecified atom stereocenters. The zero-order valence-corrected chi connectivity index (χ0v) is 13.3. The van der Waals surface area contributed by atoms with Crippen LogP contribution in [0.5, 0.6) is 0 Å². The fourth-order valence-corrected chi connectivity index (χ4v) is 3.28. The van der Waals surface area contributed by atoms with E-state index in [1.54, 1.807) is 11.3 Å². The first-order valence-corrected chi connectivity index (χ1v) is 8.08. The van der Waals surface area contributed by atoms with Crippen LogP contribution >= 0.6 is 11.3 Å². The molecule has 0 spiro atoms. The second-order valence-corrected chi connectivity index (χ2v) is 5.59. The van der Waals surface area contributed by atoms with Crippen molar-refractivity contribution in [3.05, 3.63) is 47.0 Å².